The summed E-state index contributed by atoms with van der Waals surface area (Å²) in [5.74, 6) is 1.33. The number of nitrogens with zero attached hydrogens (tertiary/aromatic N) is 5. The van der Waals surface area contributed by atoms with Crippen LogP contribution in [0.1, 0.15) is 50.4 Å². The summed E-state index contributed by atoms with van der Waals surface area (Å²) in [7, 11) is 0. The van der Waals surface area contributed by atoms with Crippen LogP contribution in [0.5, 0.6) is 0 Å². The van der Waals surface area contributed by atoms with Crippen LogP contribution in [0.4, 0.5) is 0 Å². The molecule has 1 aliphatic carbocycles. The van der Waals surface area contributed by atoms with E-state index in [9.17, 15) is 5.11 Å². The van der Waals surface area contributed by atoms with Gasteiger partial charge in [0.05, 0.1) is 18.2 Å². The Morgan fingerprint density at radius 2 is 2.20 bits per heavy atom. The van der Waals surface area contributed by atoms with Crippen molar-refractivity contribution in [3.63, 3.8) is 0 Å². The molecule has 0 amide bonds. The van der Waals surface area contributed by atoms with Gasteiger partial charge in [0, 0.05) is 19.0 Å². The monoisotopic (exact) mass is 275 g/mol. The zero-order valence-electron chi connectivity index (χ0n) is 12.0. The summed E-state index contributed by atoms with van der Waals surface area (Å²) < 4.78 is 3.97. The number of rotatable bonds is 6. The molecule has 0 saturated heterocycles. The van der Waals surface area contributed by atoms with Gasteiger partial charge in [0.1, 0.15) is 18.3 Å². The SMILES string of the molecule is CC(C)Cn1ncnc1CC(O)c1cncn1C1CC1. The highest BCUT2D eigenvalue weighted by Crippen LogP contribution is 2.37. The minimum absolute atomic E-state index is 0.477. The molecule has 1 aliphatic rings. The lowest BCUT2D eigenvalue weighted by molar-refractivity contribution is 0.164. The topological polar surface area (TPSA) is 68.8 Å². The first-order valence-electron chi connectivity index (χ1n) is 7.21. The number of hydrogen-bond donors (Lipinski definition) is 1. The summed E-state index contributed by atoms with van der Waals surface area (Å²) in [5.41, 5.74) is 0.881. The van der Waals surface area contributed by atoms with Crippen LogP contribution in [0.15, 0.2) is 18.9 Å². The van der Waals surface area contributed by atoms with Crippen LogP contribution >= 0.6 is 0 Å². The number of hydrogen-bond acceptors (Lipinski definition) is 4. The van der Waals surface area contributed by atoms with E-state index in [2.05, 4.69) is 33.5 Å². The van der Waals surface area contributed by atoms with Gasteiger partial charge in [-0.15, -0.1) is 0 Å². The van der Waals surface area contributed by atoms with Gasteiger partial charge in [0.15, 0.2) is 0 Å². The minimum atomic E-state index is -0.576. The van der Waals surface area contributed by atoms with Crippen LogP contribution in [0.3, 0.4) is 0 Å². The van der Waals surface area contributed by atoms with E-state index >= 15 is 0 Å². The summed E-state index contributed by atoms with van der Waals surface area (Å²) >= 11 is 0. The average Bonchev–Trinajstić information content (AvgIpc) is 2.96. The Hall–Kier alpha value is -1.69. The number of aliphatic hydroxyl groups excluding tert-OH is 1. The maximum Gasteiger partial charge on any atom is 0.138 e. The van der Waals surface area contributed by atoms with E-state index in [1.807, 2.05) is 11.0 Å². The molecule has 108 valence electrons. The fraction of sp³-hybridized carbons (Fsp3) is 0.643. The molecule has 1 unspecified atom stereocenters. The molecule has 2 aromatic rings. The van der Waals surface area contributed by atoms with Crippen molar-refractivity contribution in [2.45, 2.75) is 51.8 Å². The van der Waals surface area contributed by atoms with Gasteiger partial charge in [0.2, 0.25) is 0 Å². The molecule has 1 atom stereocenters. The molecule has 0 bridgehead atoms. The van der Waals surface area contributed by atoms with Gasteiger partial charge >= 0.3 is 0 Å². The normalized spacial score (nSPS) is 16.8. The van der Waals surface area contributed by atoms with Crippen molar-refractivity contribution < 1.29 is 5.11 Å². The first-order valence-corrected chi connectivity index (χ1v) is 7.21. The lowest BCUT2D eigenvalue weighted by Gasteiger charge is -2.14. The molecule has 2 heterocycles. The highest BCUT2D eigenvalue weighted by molar-refractivity contribution is 5.09. The van der Waals surface area contributed by atoms with Crippen molar-refractivity contribution in [2.24, 2.45) is 5.92 Å². The Bertz CT molecular complexity index is 570. The molecular formula is C14H21N5O. The zero-order chi connectivity index (χ0) is 14.1. The van der Waals surface area contributed by atoms with Gasteiger partial charge in [-0.05, 0) is 18.8 Å². The van der Waals surface area contributed by atoms with Crippen molar-refractivity contribution in [3.8, 4) is 0 Å². The van der Waals surface area contributed by atoms with Crippen molar-refractivity contribution in [3.05, 3.63) is 30.4 Å². The smallest absolute Gasteiger partial charge is 0.138 e. The van der Waals surface area contributed by atoms with Gasteiger partial charge in [-0.25, -0.2) is 14.6 Å². The van der Waals surface area contributed by atoms with E-state index < -0.39 is 6.10 Å². The summed E-state index contributed by atoms with van der Waals surface area (Å²) in [6.07, 6.45) is 7.39. The van der Waals surface area contributed by atoms with Crippen LogP contribution in [-0.4, -0.2) is 29.4 Å². The molecule has 1 saturated carbocycles. The molecular weight excluding hydrogens is 254 g/mol. The fourth-order valence-corrected chi connectivity index (χ4v) is 2.45. The van der Waals surface area contributed by atoms with Crippen LogP contribution in [-0.2, 0) is 13.0 Å². The third-order valence-electron chi connectivity index (χ3n) is 3.59. The van der Waals surface area contributed by atoms with Gasteiger partial charge in [-0.3, -0.25) is 0 Å². The van der Waals surface area contributed by atoms with E-state index in [1.54, 1.807) is 12.5 Å². The van der Waals surface area contributed by atoms with Crippen molar-refractivity contribution in [2.75, 3.05) is 0 Å². The molecule has 3 rings (SSSR count). The van der Waals surface area contributed by atoms with Crippen LogP contribution in [0.25, 0.3) is 0 Å². The predicted octanol–water partition coefficient (Wildman–Crippen LogP) is 1.74. The standard InChI is InChI=1S/C14H21N5O/c1-10(2)7-19-14(16-8-17-19)5-13(20)12-6-15-9-18(12)11-3-4-11/h6,8-11,13,20H,3-5,7H2,1-2H3. The van der Waals surface area contributed by atoms with Crippen molar-refractivity contribution in [1.82, 2.24) is 24.3 Å². The van der Waals surface area contributed by atoms with Gasteiger partial charge in [-0.2, -0.15) is 5.10 Å². The summed E-state index contributed by atoms with van der Waals surface area (Å²) in [6, 6.07) is 0.524. The second kappa shape index (κ2) is 5.36. The third kappa shape index (κ3) is 2.75. The minimum Gasteiger partial charge on any atom is -0.386 e. The average molecular weight is 275 g/mol. The third-order valence-corrected chi connectivity index (χ3v) is 3.59. The molecule has 6 heteroatoms. The Morgan fingerprint density at radius 3 is 2.90 bits per heavy atom. The molecule has 1 N–H and O–H groups in total. The Morgan fingerprint density at radius 1 is 1.40 bits per heavy atom. The largest absolute Gasteiger partial charge is 0.386 e. The van der Waals surface area contributed by atoms with Crippen molar-refractivity contribution in [1.29, 1.82) is 0 Å². The lowest BCUT2D eigenvalue weighted by atomic mass is 10.1. The van der Waals surface area contributed by atoms with E-state index in [-0.39, 0.29) is 0 Å². The quantitative estimate of drug-likeness (QED) is 0.872. The number of aromatic nitrogens is 5. The molecule has 20 heavy (non-hydrogen) atoms. The summed E-state index contributed by atoms with van der Waals surface area (Å²) in [6.45, 7) is 5.11. The predicted molar refractivity (Wildman–Crippen MR) is 74.0 cm³/mol. The van der Waals surface area contributed by atoms with Crippen LogP contribution < -0.4 is 0 Å². The lowest BCUT2D eigenvalue weighted by Crippen LogP contribution is -2.15. The Balaban J connectivity index is 1.73. The molecule has 2 aromatic heterocycles. The van der Waals surface area contributed by atoms with Gasteiger partial charge < -0.3 is 9.67 Å². The van der Waals surface area contributed by atoms with E-state index in [1.165, 1.54) is 12.8 Å². The van der Waals surface area contributed by atoms with E-state index in [0.717, 1.165) is 18.1 Å². The van der Waals surface area contributed by atoms with Crippen LogP contribution in [0.2, 0.25) is 0 Å². The number of aliphatic hydroxyl groups is 1. The Kier molecular flexibility index (Phi) is 3.56. The van der Waals surface area contributed by atoms with Crippen LogP contribution in [0, 0.1) is 5.92 Å². The van der Waals surface area contributed by atoms with Crippen molar-refractivity contribution >= 4 is 0 Å². The number of imidazole rings is 1. The Labute approximate surface area is 118 Å². The highest BCUT2D eigenvalue weighted by Gasteiger charge is 2.27. The second-order valence-electron chi connectivity index (χ2n) is 5.93. The highest BCUT2D eigenvalue weighted by atomic mass is 16.3. The first kappa shape index (κ1) is 13.3. The molecule has 0 spiro atoms. The molecule has 6 nitrogen and oxygen atoms in total. The second-order valence-corrected chi connectivity index (χ2v) is 5.93. The summed E-state index contributed by atoms with van der Waals surface area (Å²) in [5, 5.41) is 14.7. The molecule has 0 radical (unpaired) electrons. The maximum atomic E-state index is 10.5. The van der Waals surface area contributed by atoms with Gasteiger partial charge in [0.25, 0.3) is 0 Å². The summed E-state index contributed by atoms with van der Waals surface area (Å²) in [4.78, 5) is 8.44. The first-order chi connectivity index (χ1) is 9.65. The van der Waals surface area contributed by atoms with E-state index in [4.69, 9.17) is 0 Å². The molecule has 0 aliphatic heterocycles. The van der Waals surface area contributed by atoms with E-state index in [0.29, 0.717) is 18.4 Å². The molecule has 1 fully saturated rings. The zero-order valence-corrected chi connectivity index (χ0v) is 12.0. The fourth-order valence-electron chi connectivity index (χ4n) is 2.45. The van der Waals surface area contributed by atoms with Gasteiger partial charge in [-0.1, -0.05) is 13.8 Å². The maximum absolute atomic E-state index is 10.5. The molecule has 0 aromatic carbocycles.